The zero-order valence-corrected chi connectivity index (χ0v) is 12.4. The summed E-state index contributed by atoms with van der Waals surface area (Å²) in [4.78, 5) is 24.5. The first kappa shape index (κ1) is 17.0. The summed E-state index contributed by atoms with van der Waals surface area (Å²) in [6.45, 7) is 4.30. The highest BCUT2D eigenvalue weighted by molar-refractivity contribution is 5.89. The van der Waals surface area contributed by atoms with Gasteiger partial charge in [-0.2, -0.15) is 0 Å². The van der Waals surface area contributed by atoms with Crippen LogP contribution in [0.5, 0.6) is 0 Å². The van der Waals surface area contributed by atoms with Crippen molar-refractivity contribution in [3.8, 4) is 0 Å². The third-order valence-corrected chi connectivity index (χ3v) is 2.97. The smallest absolute Gasteiger partial charge is 0.322 e. The zero-order valence-electron chi connectivity index (χ0n) is 12.4. The standard InChI is InChI=1S/C15H22N2O4/c1-11(2)17(7-4-8-18)15(21)16-13-6-3-5-12(9-13)10-14(19)20/h3,5-6,9,11,18H,4,7-8,10H2,1-2H3,(H,16,21)(H,19,20). The van der Waals surface area contributed by atoms with Gasteiger partial charge in [-0.3, -0.25) is 4.79 Å². The van der Waals surface area contributed by atoms with Crippen molar-refractivity contribution in [3.63, 3.8) is 0 Å². The fourth-order valence-corrected chi connectivity index (χ4v) is 1.96. The third-order valence-electron chi connectivity index (χ3n) is 2.97. The summed E-state index contributed by atoms with van der Waals surface area (Å²) >= 11 is 0. The van der Waals surface area contributed by atoms with Crippen LogP contribution in [0.3, 0.4) is 0 Å². The summed E-state index contributed by atoms with van der Waals surface area (Å²) in [5, 5.41) is 20.4. The lowest BCUT2D eigenvalue weighted by atomic mass is 10.1. The Labute approximate surface area is 124 Å². The number of carbonyl (C=O) groups is 2. The Bertz CT molecular complexity index is 488. The predicted molar refractivity (Wildman–Crippen MR) is 80.3 cm³/mol. The van der Waals surface area contributed by atoms with Gasteiger partial charge >= 0.3 is 12.0 Å². The van der Waals surface area contributed by atoms with Crippen molar-refractivity contribution in [1.29, 1.82) is 0 Å². The molecule has 0 atom stereocenters. The van der Waals surface area contributed by atoms with Crippen LogP contribution in [0.1, 0.15) is 25.8 Å². The highest BCUT2D eigenvalue weighted by Crippen LogP contribution is 2.13. The van der Waals surface area contributed by atoms with E-state index in [1.54, 1.807) is 29.2 Å². The number of amides is 2. The summed E-state index contributed by atoms with van der Waals surface area (Å²) in [5.74, 6) is -0.912. The van der Waals surface area contributed by atoms with E-state index < -0.39 is 5.97 Å². The number of benzene rings is 1. The van der Waals surface area contributed by atoms with E-state index in [1.807, 2.05) is 13.8 Å². The van der Waals surface area contributed by atoms with Gasteiger partial charge < -0.3 is 20.4 Å². The van der Waals surface area contributed by atoms with Crippen molar-refractivity contribution in [3.05, 3.63) is 29.8 Å². The molecule has 116 valence electrons. The molecule has 21 heavy (non-hydrogen) atoms. The molecule has 0 saturated carbocycles. The maximum absolute atomic E-state index is 12.2. The molecule has 3 N–H and O–H groups in total. The number of aliphatic hydroxyl groups is 1. The van der Waals surface area contributed by atoms with Crippen LogP contribution in [0.15, 0.2) is 24.3 Å². The Kier molecular flexibility index (Phi) is 6.68. The average Bonchev–Trinajstić information content (AvgIpc) is 2.38. The summed E-state index contributed by atoms with van der Waals surface area (Å²) in [7, 11) is 0. The van der Waals surface area contributed by atoms with E-state index in [2.05, 4.69) is 5.32 Å². The van der Waals surface area contributed by atoms with Crippen LogP contribution in [0.2, 0.25) is 0 Å². The predicted octanol–water partition coefficient (Wildman–Crippen LogP) is 1.94. The highest BCUT2D eigenvalue weighted by atomic mass is 16.4. The van der Waals surface area contributed by atoms with Gasteiger partial charge in [0.05, 0.1) is 6.42 Å². The highest BCUT2D eigenvalue weighted by Gasteiger charge is 2.16. The number of aliphatic carboxylic acids is 1. The van der Waals surface area contributed by atoms with Gasteiger partial charge in [-0.15, -0.1) is 0 Å². The first-order valence-electron chi connectivity index (χ1n) is 6.93. The third kappa shape index (κ3) is 5.83. The summed E-state index contributed by atoms with van der Waals surface area (Å²) < 4.78 is 0. The molecule has 2 amide bonds. The van der Waals surface area contributed by atoms with Gasteiger partial charge in [-0.05, 0) is 38.0 Å². The van der Waals surface area contributed by atoms with Crippen LogP contribution in [0, 0.1) is 0 Å². The molecule has 0 heterocycles. The molecule has 0 unspecified atom stereocenters. The van der Waals surface area contributed by atoms with Gasteiger partial charge in [0.15, 0.2) is 0 Å². The molecule has 0 aliphatic carbocycles. The molecular formula is C15H22N2O4. The van der Waals surface area contributed by atoms with Crippen LogP contribution < -0.4 is 5.32 Å². The number of hydrogen-bond donors (Lipinski definition) is 3. The van der Waals surface area contributed by atoms with Crippen molar-refractivity contribution >= 4 is 17.7 Å². The monoisotopic (exact) mass is 294 g/mol. The minimum absolute atomic E-state index is 0.0127. The van der Waals surface area contributed by atoms with Gasteiger partial charge in [-0.1, -0.05) is 12.1 Å². The summed E-state index contributed by atoms with van der Waals surface area (Å²) in [5.41, 5.74) is 1.19. The van der Waals surface area contributed by atoms with E-state index in [9.17, 15) is 9.59 Å². The molecule has 6 nitrogen and oxygen atoms in total. The number of carboxylic acids is 1. The van der Waals surface area contributed by atoms with Crippen LogP contribution in [0.25, 0.3) is 0 Å². The number of nitrogens with one attached hydrogen (secondary N) is 1. The second-order valence-electron chi connectivity index (χ2n) is 5.07. The number of hydrogen-bond acceptors (Lipinski definition) is 3. The van der Waals surface area contributed by atoms with Crippen molar-refractivity contribution in [2.24, 2.45) is 0 Å². The van der Waals surface area contributed by atoms with E-state index >= 15 is 0 Å². The maximum atomic E-state index is 12.2. The summed E-state index contributed by atoms with van der Waals surface area (Å²) in [6, 6.07) is 6.53. The Hall–Kier alpha value is -2.08. The van der Waals surface area contributed by atoms with Gasteiger partial charge in [0, 0.05) is 24.9 Å². The van der Waals surface area contributed by atoms with Gasteiger partial charge in [-0.25, -0.2) is 4.79 Å². The lowest BCUT2D eigenvalue weighted by molar-refractivity contribution is -0.136. The van der Waals surface area contributed by atoms with Crippen molar-refractivity contribution in [2.45, 2.75) is 32.7 Å². The topological polar surface area (TPSA) is 89.9 Å². The number of urea groups is 1. The SMILES string of the molecule is CC(C)N(CCCO)C(=O)Nc1cccc(CC(=O)O)c1. The Morgan fingerprint density at radius 1 is 1.33 bits per heavy atom. The average molecular weight is 294 g/mol. The Morgan fingerprint density at radius 3 is 2.62 bits per heavy atom. The van der Waals surface area contributed by atoms with Crippen molar-refractivity contribution in [1.82, 2.24) is 4.90 Å². The number of anilines is 1. The molecule has 0 aliphatic rings. The second-order valence-corrected chi connectivity index (χ2v) is 5.07. The van der Waals surface area contributed by atoms with Crippen LogP contribution in [-0.2, 0) is 11.2 Å². The zero-order chi connectivity index (χ0) is 15.8. The number of carboxylic acid groups (broad SMARTS) is 1. The molecule has 0 aromatic heterocycles. The van der Waals surface area contributed by atoms with E-state index in [-0.39, 0.29) is 25.1 Å². The van der Waals surface area contributed by atoms with Crippen LogP contribution in [0.4, 0.5) is 10.5 Å². The van der Waals surface area contributed by atoms with Gasteiger partial charge in [0.1, 0.15) is 0 Å². The molecular weight excluding hydrogens is 272 g/mol. The fraction of sp³-hybridized carbons (Fsp3) is 0.467. The molecule has 1 aromatic carbocycles. The lowest BCUT2D eigenvalue weighted by Gasteiger charge is -2.26. The molecule has 0 aliphatic heterocycles. The molecule has 0 bridgehead atoms. The Morgan fingerprint density at radius 2 is 2.05 bits per heavy atom. The van der Waals surface area contributed by atoms with E-state index in [0.717, 1.165) is 0 Å². The number of nitrogens with zero attached hydrogens (tertiary/aromatic N) is 1. The van der Waals surface area contributed by atoms with Gasteiger partial charge in [0.25, 0.3) is 0 Å². The van der Waals surface area contributed by atoms with E-state index in [4.69, 9.17) is 10.2 Å². The first-order chi connectivity index (χ1) is 9.93. The normalized spacial score (nSPS) is 10.5. The molecule has 6 heteroatoms. The summed E-state index contributed by atoms with van der Waals surface area (Å²) in [6.07, 6.45) is 0.437. The fourth-order valence-electron chi connectivity index (χ4n) is 1.96. The molecule has 0 fully saturated rings. The number of carbonyl (C=O) groups excluding carboxylic acids is 1. The number of rotatable bonds is 7. The molecule has 1 rings (SSSR count). The minimum atomic E-state index is -0.912. The van der Waals surface area contributed by atoms with Crippen molar-refractivity contribution in [2.75, 3.05) is 18.5 Å². The largest absolute Gasteiger partial charge is 0.481 e. The first-order valence-corrected chi connectivity index (χ1v) is 6.93. The molecule has 0 radical (unpaired) electrons. The van der Waals surface area contributed by atoms with Gasteiger partial charge in [0.2, 0.25) is 0 Å². The minimum Gasteiger partial charge on any atom is -0.481 e. The van der Waals surface area contributed by atoms with Crippen LogP contribution in [-0.4, -0.2) is 46.3 Å². The molecule has 0 spiro atoms. The molecule has 1 aromatic rings. The van der Waals surface area contributed by atoms with E-state index in [0.29, 0.717) is 24.2 Å². The quantitative estimate of drug-likeness (QED) is 0.717. The van der Waals surface area contributed by atoms with Crippen LogP contribution >= 0.6 is 0 Å². The van der Waals surface area contributed by atoms with Crippen molar-refractivity contribution < 1.29 is 19.8 Å². The van der Waals surface area contributed by atoms with E-state index in [1.165, 1.54) is 0 Å². The Balaban J connectivity index is 2.74. The lowest BCUT2D eigenvalue weighted by Crippen LogP contribution is -2.41. The number of aliphatic hydroxyl groups excluding tert-OH is 1. The maximum Gasteiger partial charge on any atom is 0.322 e. The second kappa shape index (κ2) is 8.26. The molecule has 0 saturated heterocycles.